The summed E-state index contributed by atoms with van der Waals surface area (Å²) in [4.78, 5) is 15.1. The van der Waals surface area contributed by atoms with E-state index in [2.05, 4.69) is 32.5 Å². The quantitative estimate of drug-likeness (QED) is 0.444. The Morgan fingerprint density at radius 2 is 1.79 bits per heavy atom. The van der Waals surface area contributed by atoms with Crippen molar-refractivity contribution in [1.82, 2.24) is 14.8 Å². The molecule has 4 rings (SSSR count). The number of ether oxygens (including phenoxy) is 1. The Morgan fingerprint density at radius 1 is 1.09 bits per heavy atom. The highest BCUT2D eigenvalue weighted by Gasteiger charge is 2.19. The van der Waals surface area contributed by atoms with Crippen LogP contribution in [0.4, 0.5) is 11.4 Å². The van der Waals surface area contributed by atoms with Gasteiger partial charge in [0.25, 0.3) is 0 Å². The zero-order valence-corrected chi connectivity index (χ0v) is 20.4. The highest BCUT2D eigenvalue weighted by molar-refractivity contribution is 8.00. The van der Waals surface area contributed by atoms with Gasteiger partial charge in [0.05, 0.1) is 5.25 Å². The highest BCUT2D eigenvalue weighted by Crippen LogP contribution is 2.25. The fourth-order valence-corrected chi connectivity index (χ4v) is 4.57. The van der Waals surface area contributed by atoms with Crippen LogP contribution >= 0.6 is 23.4 Å². The minimum absolute atomic E-state index is 0.0762. The monoisotopic (exact) mass is 485 g/mol. The number of halogens is 1. The number of nitrogens with one attached hydrogen (secondary N) is 1. The number of thioether (sulfide) groups is 1. The van der Waals surface area contributed by atoms with Crippen LogP contribution in [0.15, 0.2) is 53.7 Å². The molecule has 7 nitrogen and oxygen atoms in total. The van der Waals surface area contributed by atoms with E-state index in [4.69, 9.17) is 16.3 Å². The lowest BCUT2D eigenvalue weighted by Crippen LogP contribution is -2.29. The van der Waals surface area contributed by atoms with Crippen molar-refractivity contribution in [3.63, 3.8) is 0 Å². The number of hydrogen-bond acceptors (Lipinski definition) is 6. The summed E-state index contributed by atoms with van der Waals surface area (Å²) in [5.41, 5.74) is 2.01. The van der Waals surface area contributed by atoms with E-state index in [0.717, 1.165) is 18.8 Å². The topological polar surface area (TPSA) is 72.3 Å². The van der Waals surface area contributed by atoms with Crippen LogP contribution in [0, 0.1) is 0 Å². The number of carbonyl (C=O) groups excluding carboxylic acids is 1. The van der Waals surface area contributed by atoms with Crippen molar-refractivity contribution in [3.8, 4) is 5.75 Å². The number of benzene rings is 2. The Hall–Kier alpha value is -2.71. The molecule has 1 fully saturated rings. The molecule has 9 heteroatoms. The zero-order chi connectivity index (χ0) is 23.2. The molecule has 0 radical (unpaired) electrons. The molecule has 1 aromatic heterocycles. The van der Waals surface area contributed by atoms with E-state index >= 15 is 0 Å². The van der Waals surface area contributed by atoms with Crippen molar-refractivity contribution in [2.75, 3.05) is 23.3 Å². The maximum atomic E-state index is 12.7. The second-order valence-corrected chi connectivity index (χ2v) is 9.79. The standard InChI is InChI=1S/C24H28ClN5O2S/c1-17(23(31)26-19-8-10-20(11-9-19)30-14-4-3-5-15-30)33-24-28-27-22(29(24)2)16-32-21-12-6-18(25)7-13-21/h6-13,17H,3-5,14-16H2,1-2H3,(H,26,31). The summed E-state index contributed by atoms with van der Waals surface area (Å²) in [5.74, 6) is 1.30. The average molecular weight is 486 g/mol. The van der Waals surface area contributed by atoms with Gasteiger partial charge in [-0.25, -0.2) is 0 Å². The van der Waals surface area contributed by atoms with E-state index in [1.165, 1.54) is 36.7 Å². The molecule has 0 saturated carbocycles. The van der Waals surface area contributed by atoms with Gasteiger partial charge in [0, 0.05) is 36.5 Å². The first-order valence-electron chi connectivity index (χ1n) is 11.1. The summed E-state index contributed by atoms with van der Waals surface area (Å²) in [6, 6.07) is 15.2. The number of amides is 1. The van der Waals surface area contributed by atoms with Gasteiger partial charge in [-0.1, -0.05) is 23.4 Å². The Kier molecular flexibility index (Phi) is 7.77. The molecule has 1 saturated heterocycles. The number of piperidine rings is 1. The van der Waals surface area contributed by atoms with Gasteiger partial charge in [-0.3, -0.25) is 4.79 Å². The summed E-state index contributed by atoms with van der Waals surface area (Å²) in [6.45, 7) is 4.34. The Morgan fingerprint density at radius 3 is 2.48 bits per heavy atom. The summed E-state index contributed by atoms with van der Waals surface area (Å²) >= 11 is 7.27. The van der Waals surface area contributed by atoms with E-state index in [-0.39, 0.29) is 17.8 Å². The third-order valence-electron chi connectivity index (χ3n) is 5.61. The molecule has 3 aromatic rings. The van der Waals surface area contributed by atoms with Crippen molar-refractivity contribution in [2.24, 2.45) is 7.05 Å². The summed E-state index contributed by atoms with van der Waals surface area (Å²) < 4.78 is 7.60. The third kappa shape index (κ3) is 6.21. The first kappa shape index (κ1) is 23.4. The van der Waals surface area contributed by atoms with Gasteiger partial charge in [-0.2, -0.15) is 0 Å². The number of rotatable bonds is 8. The van der Waals surface area contributed by atoms with Crippen molar-refractivity contribution in [3.05, 3.63) is 59.4 Å². The summed E-state index contributed by atoms with van der Waals surface area (Å²) in [7, 11) is 1.87. The first-order chi connectivity index (χ1) is 16.0. The van der Waals surface area contributed by atoms with Crippen LogP contribution in [0.1, 0.15) is 32.0 Å². The molecule has 1 unspecified atom stereocenters. The molecule has 174 valence electrons. The molecule has 2 aromatic carbocycles. The molecule has 33 heavy (non-hydrogen) atoms. The minimum atomic E-state index is -0.334. The van der Waals surface area contributed by atoms with Crippen LogP contribution in [0.3, 0.4) is 0 Å². The Balaban J connectivity index is 1.30. The maximum Gasteiger partial charge on any atom is 0.237 e. The molecule has 0 bridgehead atoms. The molecule has 1 amide bonds. The van der Waals surface area contributed by atoms with Crippen LogP contribution in [0.5, 0.6) is 5.75 Å². The first-order valence-corrected chi connectivity index (χ1v) is 12.3. The number of nitrogens with zero attached hydrogens (tertiary/aromatic N) is 4. The summed E-state index contributed by atoms with van der Waals surface area (Å²) in [5, 5.41) is 12.4. The number of anilines is 2. The van der Waals surface area contributed by atoms with E-state index in [0.29, 0.717) is 21.8 Å². The van der Waals surface area contributed by atoms with E-state index in [1.54, 1.807) is 24.3 Å². The SMILES string of the molecule is CC(Sc1nnc(COc2ccc(Cl)cc2)n1C)C(=O)Nc1ccc(N2CCCCC2)cc1. The van der Waals surface area contributed by atoms with Crippen LogP contribution in [0.2, 0.25) is 5.02 Å². The molecule has 0 aliphatic carbocycles. The van der Waals surface area contributed by atoms with Crippen LogP contribution < -0.4 is 15.0 Å². The largest absolute Gasteiger partial charge is 0.486 e. The van der Waals surface area contributed by atoms with Gasteiger partial charge in [-0.05, 0) is 74.7 Å². The van der Waals surface area contributed by atoms with Gasteiger partial charge >= 0.3 is 0 Å². The van der Waals surface area contributed by atoms with Crippen molar-refractivity contribution < 1.29 is 9.53 Å². The zero-order valence-electron chi connectivity index (χ0n) is 18.8. The fourth-order valence-electron chi connectivity index (χ4n) is 3.62. The van der Waals surface area contributed by atoms with Gasteiger partial charge in [0.1, 0.15) is 12.4 Å². The smallest absolute Gasteiger partial charge is 0.237 e. The van der Waals surface area contributed by atoms with Crippen LogP contribution in [-0.2, 0) is 18.4 Å². The molecular formula is C24H28ClN5O2S. The minimum Gasteiger partial charge on any atom is -0.486 e. The molecule has 1 aliphatic heterocycles. The normalized spacial score (nSPS) is 14.7. The molecular weight excluding hydrogens is 458 g/mol. The molecule has 1 aliphatic rings. The predicted molar refractivity (Wildman–Crippen MR) is 133 cm³/mol. The fraction of sp³-hybridized carbons (Fsp3) is 0.375. The van der Waals surface area contributed by atoms with E-state index < -0.39 is 0 Å². The van der Waals surface area contributed by atoms with Crippen LogP contribution in [-0.4, -0.2) is 39.0 Å². The van der Waals surface area contributed by atoms with Crippen molar-refractivity contribution >= 4 is 40.6 Å². The predicted octanol–water partition coefficient (Wildman–Crippen LogP) is 5.16. The number of hydrogen-bond donors (Lipinski definition) is 1. The Bertz CT molecular complexity index is 1070. The third-order valence-corrected chi connectivity index (χ3v) is 7.00. The average Bonchev–Trinajstić information content (AvgIpc) is 3.18. The van der Waals surface area contributed by atoms with Crippen molar-refractivity contribution in [2.45, 2.75) is 43.2 Å². The van der Waals surface area contributed by atoms with Gasteiger partial charge in [0.2, 0.25) is 5.91 Å². The lowest BCUT2D eigenvalue weighted by Gasteiger charge is -2.28. The molecule has 2 heterocycles. The summed E-state index contributed by atoms with van der Waals surface area (Å²) in [6.07, 6.45) is 3.79. The van der Waals surface area contributed by atoms with E-state index in [1.807, 2.05) is 30.7 Å². The van der Waals surface area contributed by atoms with E-state index in [9.17, 15) is 4.79 Å². The Labute approximate surface area is 203 Å². The van der Waals surface area contributed by atoms with Gasteiger partial charge in [0.15, 0.2) is 11.0 Å². The highest BCUT2D eigenvalue weighted by atomic mass is 35.5. The molecule has 1 N–H and O–H groups in total. The lowest BCUT2D eigenvalue weighted by molar-refractivity contribution is -0.115. The number of carbonyl (C=O) groups is 1. The molecule has 1 atom stereocenters. The number of aromatic nitrogens is 3. The van der Waals surface area contributed by atoms with Gasteiger partial charge < -0.3 is 19.5 Å². The second-order valence-electron chi connectivity index (χ2n) is 8.04. The molecule has 0 spiro atoms. The lowest BCUT2D eigenvalue weighted by atomic mass is 10.1. The maximum absolute atomic E-state index is 12.7. The van der Waals surface area contributed by atoms with Crippen molar-refractivity contribution in [1.29, 1.82) is 0 Å². The second kappa shape index (κ2) is 10.9. The van der Waals surface area contributed by atoms with Crippen LogP contribution in [0.25, 0.3) is 0 Å². The van der Waals surface area contributed by atoms with Gasteiger partial charge in [-0.15, -0.1) is 10.2 Å².